The molecule has 0 bridgehead atoms. The number of rotatable bonds is 5. The minimum Gasteiger partial charge on any atom is -0.378 e. The van der Waals surface area contributed by atoms with Gasteiger partial charge in [0.05, 0.1) is 6.10 Å². The highest BCUT2D eigenvalue weighted by atomic mass is 16.5. The topological polar surface area (TPSA) is 24.5 Å². The summed E-state index contributed by atoms with van der Waals surface area (Å²) < 4.78 is 5.79. The highest BCUT2D eigenvalue weighted by Crippen LogP contribution is 2.36. The van der Waals surface area contributed by atoms with E-state index in [1.807, 2.05) is 0 Å². The first-order valence-corrected chi connectivity index (χ1v) is 8.31. The Labute approximate surface area is 118 Å². The van der Waals surface area contributed by atoms with Crippen LogP contribution in [0.3, 0.4) is 0 Å². The van der Waals surface area contributed by atoms with Crippen LogP contribution in [-0.4, -0.2) is 48.8 Å². The van der Waals surface area contributed by atoms with Crippen LogP contribution in [-0.2, 0) is 4.74 Å². The fourth-order valence-corrected chi connectivity index (χ4v) is 3.68. The smallest absolute Gasteiger partial charge is 0.0588 e. The molecule has 3 aliphatic rings. The Hall–Kier alpha value is -0.120. The van der Waals surface area contributed by atoms with E-state index < -0.39 is 0 Å². The minimum absolute atomic E-state index is 0.351. The minimum atomic E-state index is 0.351. The molecule has 0 amide bonds. The van der Waals surface area contributed by atoms with Gasteiger partial charge in [-0.15, -0.1) is 0 Å². The molecule has 0 aromatic rings. The Morgan fingerprint density at radius 3 is 2.79 bits per heavy atom. The number of nitrogens with zero attached hydrogens (tertiary/aromatic N) is 1. The molecule has 0 spiro atoms. The number of piperazine rings is 1. The third-order valence-corrected chi connectivity index (χ3v) is 5.62. The molecular weight excluding hydrogens is 236 g/mol. The first-order chi connectivity index (χ1) is 9.21. The molecule has 3 heteroatoms. The standard InChI is InChI=1S/C16H30N2O/c1-3-16(2)12-17-15(13-6-7-13)11-18(16)9-8-14-5-4-10-19-14/h13-15,17H,3-12H2,1-2H3. The van der Waals surface area contributed by atoms with Crippen LogP contribution in [0.2, 0.25) is 0 Å². The van der Waals surface area contributed by atoms with E-state index in [-0.39, 0.29) is 0 Å². The van der Waals surface area contributed by atoms with Crippen LogP contribution >= 0.6 is 0 Å². The van der Waals surface area contributed by atoms with Gasteiger partial charge in [-0.25, -0.2) is 0 Å². The number of nitrogens with one attached hydrogen (secondary N) is 1. The monoisotopic (exact) mass is 266 g/mol. The van der Waals surface area contributed by atoms with Crippen LogP contribution in [0.5, 0.6) is 0 Å². The first-order valence-electron chi connectivity index (χ1n) is 8.31. The molecule has 19 heavy (non-hydrogen) atoms. The first kappa shape index (κ1) is 13.8. The van der Waals surface area contributed by atoms with Gasteiger partial charge >= 0.3 is 0 Å². The van der Waals surface area contributed by atoms with Gasteiger partial charge in [-0.05, 0) is 51.4 Å². The van der Waals surface area contributed by atoms with Crippen molar-refractivity contribution in [2.24, 2.45) is 5.92 Å². The molecule has 3 rings (SSSR count). The SMILES string of the molecule is CCC1(C)CNC(C2CC2)CN1CCC1CCCO1. The van der Waals surface area contributed by atoms with Crippen LogP contribution < -0.4 is 5.32 Å². The largest absolute Gasteiger partial charge is 0.378 e. The van der Waals surface area contributed by atoms with Gasteiger partial charge in [-0.2, -0.15) is 0 Å². The van der Waals surface area contributed by atoms with Crippen LogP contribution in [0.15, 0.2) is 0 Å². The lowest BCUT2D eigenvalue weighted by Gasteiger charge is -2.48. The van der Waals surface area contributed by atoms with E-state index in [4.69, 9.17) is 4.74 Å². The van der Waals surface area contributed by atoms with Crippen molar-refractivity contribution in [1.82, 2.24) is 10.2 Å². The highest BCUT2D eigenvalue weighted by molar-refractivity contribution is 4.99. The molecule has 3 unspecified atom stereocenters. The molecule has 0 aromatic heterocycles. The normalized spacial score (nSPS) is 40.7. The summed E-state index contributed by atoms with van der Waals surface area (Å²) in [4.78, 5) is 2.76. The van der Waals surface area contributed by atoms with Gasteiger partial charge in [0.25, 0.3) is 0 Å². The molecule has 0 radical (unpaired) electrons. The molecule has 3 fully saturated rings. The van der Waals surface area contributed by atoms with Crippen molar-refractivity contribution < 1.29 is 4.74 Å². The Morgan fingerprint density at radius 1 is 1.32 bits per heavy atom. The van der Waals surface area contributed by atoms with Crippen LogP contribution in [0.25, 0.3) is 0 Å². The average Bonchev–Trinajstić information content (AvgIpc) is 3.14. The highest BCUT2D eigenvalue weighted by Gasteiger charge is 2.41. The van der Waals surface area contributed by atoms with E-state index in [0.717, 1.165) is 25.1 Å². The summed E-state index contributed by atoms with van der Waals surface area (Å²) in [5, 5.41) is 3.81. The van der Waals surface area contributed by atoms with Gasteiger partial charge in [-0.1, -0.05) is 6.92 Å². The lowest BCUT2D eigenvalue weighted by molar-refractivity contribution is 0.0239. The van der Waals surface area contributed by atoms with Crippen molar-refractivity contribution in [2.45, 2.75) is 70.1 Å². The molecule has 0 aromatic carbocycles. The van der Waals surface area contributed by atoms with Gasteiger partial charge in [0.15, 0.2) is 0 Å². The van der Waals surface area contributed by atoms with Gasteiger partial charge in [-0.3, -0.25) is 4.90 Å². The van der Waals surface area contributed by atoms with Gasteiger partial charge in [0.2, 0.25) is 0 Å². The second-order valence-electron chi connectivity index (χ2n) is 7.05. The molecule has 1 saturated carbocycles. The fourth-order valence-electron chi connectivity index (χ4n) is 3.68. The van der Waals surface area contributed by atoms with E-state index in [2.05, 4.69) is 24.1 Å². The lowest BCUT2D eigenvalue weighted by Crippen LogP contribution is -2.63. The zero-order chi connectivity index (χ0) is 13.3. The summed E-state index contributed by atoms with van der Waals surface area (Å²) >= 11 is 0. The van der Waals surface area contributed by atoms with Gasteiger partial charge in [0.1, 0.15) is 0 Å². The predicted octanol–water partition coefficient (Wildman–Crippen LogP) is 2.41. The summed E-state index contributed by atoms with van der Waals surface area (Å²) in [5.41, 5.74) is 0.351. The molecule has 1 aliphatic carbocycles. The third kappa shape index (κ3) is 3.14. The molecule has 3 nitrogen and oxygen atoms in total. The van der Waals surface area contributed by atoms with Crippen molar-refractivity contribution in [3.05, 3.63) is 0 Å². The third-order valence-electron chi connectivity index (χ3n) is 5.62. The summed E-state index contributed by atoms with van der Waals surface area (Å²) in [7, 11) is 0. The molecule has 2 saturated heterocycles. The van der Waals surface area contributed by atoms with Crippen molar-refractivity contribution in [1.29, 1.82) is 0 Å². The second kappa shape index (κ2) is 5.71. The van der Waals surface area contributed by atoms with Crippen molar-refractivity contribution in [3.63, 3.8) is 0 Å². The van der Waals surface area contributed by atoms with Crippen molar-refractivity contribution >= 4 is 0 Å². The van der Waals surface area contributed by atoms with E-state index in [1.54, 1.807) is 0 Å². The van der Waals surface area contributed by atoms with Crippen LogP contribution in [0.1, 0.15) is 52.4 Å². The van der Waals surface area contributed by atoms with Crippen LogP contribution in [0.4, 0.5) is 0 Å². The maximum atomic E-state index is 5.79. The molecule has 2 aliphatic heterocycles. The van der Waals surface area contributed by atoms with E-state index >= 15 is 0 Å². The number of hydrogen-bond donors (Lipinski definition) is 1. The Kier molecular flexibility index (Phi) is 4.16. The zero-order valence-electron chi connectivity index (χ0n) is 12.7. The number of ether oxygens (including phenoxy) is 1. The molecule has 1 N–H and O–H groups in total. The summed E-state index contributed by atoms with van der Waals surface area (Å²) in [6.07, 6.45) is 8.44. The van der Waals surface area contributed by atoms with Crippen molar-refractivity contribution in [2.75, 3.05) is 26.2 Å². The molecule has 2 heterocycles. The quantitative estimate of drug-likeness (QED) is 0.827. The summed E-state index contributed by atoms with van der Waals surface area (Å²) in [6.45, 7) is 9.39. The predicted molar refractivity (Wildman–Crippen MR) is 78.4 cm³/mol. The molecule has 110 valence electrons. The molecule has 3 atom stereocenters. The Balaban J connectivity index is 1.56. The van der Waals surface area contributed by atoms with Crippen LogP contribution in [0, 0.1) is 5.92 Å². The maximum Gasteiger partial charge on any atom is 0.0588 e. The van der Waals surface area contributed by atoms with E-state index in [9.17, 15) is 0 Å². The van der Waals surface area contributed by atoms with Crippen molar-refractivity contribution in [3.8, 4) is 0 Å². The molecular formula is C16H30N2O. The van der Waals surface area contributed by atoms with E-state index in [0.29, 0.717) is 11.6 Å². The lowest BCUT2D eigenvalue weighted by atomic mass is 9.90. The second-order valence-corrected chi connectivity index (χ2v) is 7.05. The summed E-state index contributed by atoms with van der Waals surface area (Å²) in [6, 6.07) is 0.754. The fraction of sp³-hybridized carbons (Fsp3) is 1.00. The number of hydrogen-bond acceptors (Lipinski definition) is 3. The van der Waals surface area contributed by atoms with E-state index in [1.165, 1.54) is 51.6 Å². The zero-order valence-corrected chi connectivity index (χ0v) is 12.7. The van der Waals surface area contributed by atoms with Gasteiger partial charge in [0, 0.05) is 37.8 Å². The summed E-state index contributed by atoms with van der Waals surface area (Å²) in [5.74, 6) is 0.964. The Morgan fingerprint density at radius 2 is 2.16 bits per heavy atom. The average molecular weight is 266 g/mol. The van der Waals surface area contributed by atoms with Gasteiger partial charge < -0.3 is 10.1 Å². The Bertz CT molecular complexity index is 299. The maximum absolute atomic E-state index is 5.79.